The van der Waals surface area contributed by atoms with Gasteiger partial charge in [-0.15, -0.1) is 6.42 Å². The highest BCUT2D eigenvalue weighted by atomic mass is 16.3. The van der Waals surface area contributed by atoms with Crippen molar-refractivity contribution in [3.05, 3.63) is 29.6 Å². The molecule has 1 atom stereocenters. The predicted molar refractivity (Wildman–Crippen MR) is 54.5 cm³/mol. The molecule has 0 saturated heterocycles. The maximum absolute atomic E-state index is 10.2. The van der Waals surface area contributed by atoms with Gasteiger partial charge in [-0.25, -0.2) is 0 Å². The molecule has 14 heavy (non-hydrogen) atoms. The second-order valence-electron chi connectivity index (χ2n) is 3.72. The Morgan fingerprint density at radius 1 is 1.50 bits per heavy atom. The molecule has 0 fully saturated rings. The zero-order chi connectivity index (χ0) is 10.0. The minimum absolute atomic E-state index is 0.619. The van der Waals surface area contributed by atoms with Gasteiger partial charge >= 0.3 is 0 Å². The lowest BCUT2D eigenvalue weighted by Crippen LogP contribution is -2.25. The van der Waals surface area contributed by atoms with Gasteiger partial charge in [0.05, 0.1) is 5.69 Å². The topological polar surface area (TPSA) is 33.1 Å². The van der Waals surface area contributed by atoms with Crippen LogP contribution in [0.25, 0.3) is 0 Å². The predicted octanol–water partition coefficient (Wildman–Crippen LogP) is 1.63. The summed E-state index contributed by atoms with van der Waals surface area (Å²) in [4.78, 5) is 4.21. The third-order valence-corrected chi connectivity index (χ3v) is 2.76. The molecular formula is C12H13NO. The van der Waals surface area contributed by atoms with Crippen molar-refractivity contribution >= 4 is 0 Å². The molecule has 1 aliphatic rings. The highest BCUT2D eigenvalue weighted by Gasteiger charge is 2.31. The van der Waals surface area contributed by atoms with Crippen LogP contribution in [-0.2, 0) is 12.0 Å². The summed E-state index contributed by atoms with van der Waals surface area (Å²) in [5.41, 5.74) is 0.623. The van der Waals surface area contributed by atoms with E-state index in [4.69, 9.17) is 6.42 Å². The van der Waals surface area contributed by atoms with Crippen molar-refractivity contribution in [2.75, 3.05) is 0 Å². The summed E-state index contributed by atoms with van der Waals surface area (Å²) in [7, 11) is 0. The second-order valence-corrected chi connectivity index (χ2v) is 3.72. The first-order valence-corrected chi connectivity index (χ1v) is 4.91. The fraction of sp³-hybridized carbons (Fsp3) is 0.417. The Labute approximate surface area is 84.0 Å². The molecule has 1 aromatic rings. The third-order valence-electron chi connectivity index (χ3n) is 2.76. The Balaban J connectivity index is 2.54. The number of hydrogen-bond donors (Lipinski definition) is 1. The quantitative estimate of drug-likeness (QED) is 0.494. The Morgan fingerprint density at radius 2 is 2.36 bits per heavy atom. The first-order valence-electron chi connectivity index (χ1n) is 4.91. The Hall–Kier alpha value is -1.33. The monoisotopic (exact) mass is 187 g/mol. The summed E-state index contributed by atoms with van der Waals surface area (Å²) in [5, 5.41) is 10.2. The molecule has 2 rings (SSSR count). The molecule has 0 aliphatic heterocycles. The number of aryl methyl sites for hydroxylation is 1. The van der Waals surface area contributed by atoms with Crippen LogP contribution in [0.4, 0.5) is 0 Å². The lowest BCUT2D eigenvalue weighted by Gasteiger charge is -2.20. The Bertz CT molecular complexity index is 380. The number of aliphatic hydroxyl groups is 1. The normalized spacial score (nSPS) is 26.0. The summed E-state index contributed by atoms with van der Waals surface area (Å²) in [6, 6.07) is 3.89. The van der Waals surface area contributed by atoms with Crippen LogP contribution < -0.4 is 0 Å². The van der Waals surface area contributed by atoms with E-state index >= 15 is 0 Å². The minimum atomic E-state index is -1.15. The lowest BCUT2D eigenvalue weighted by atomic mass is 9.94. The summed E-state index contributed by atoms with van der Waals surface area (Å²) in [5.74, 6) is 2.47. The van der Waals surface area contributed by atoms with Crippen LogP contribution in [0.3, 0.4) is 0 Å². The van der Waals surface area contributed by atoms with Crippen molar-refractivity contribution in [2.24, 2.45) is 0 Å². The number of rotatable bonds is 0. The van der Waals surface area contributed by atoms with E-state index in [-0.39, 0.29) is 0 Å². The SMILES string of the molecule is C#CC1(O)CCCCc2cccnc21. The van der Waals surface area contributed by atoms with E-state index in [1.165, 1.54) is 0 Å². The molecule has 2 heteroatoms. The van der Waals surface area contributed by atoms with Gasteiger partial charge in [0.25, 0.3) is 0 Å². The van der Waals surface area contributed by atoms with Crippen molar-refractivity contribution in [2.45, 2.75) is 31.3 Å². The molecule has 72 valence electrons. The van der Waals surface area contributed by atoms with E-state index in [0.29, 0.717) is 12.1 Å². The molecule has 0 spiro atoms. The lowest BCUT2D eigenvalue weighted by molar-refractivity contribution is 0.0853. The van der Waals surface area contributed by atoms with Crippen LogP contribution in [0.2, 0.25) is 0 Å². The van der Waals surface area contributed by atoms with E-state index in [1.54, 1.807) is 6.20 Å². The summed E-state index contributed by atoms with van der Waals surface area (Å²) >= 11 is 0. The average Bonchev–Trinajstić information content (AvgIpc) is 2.40. The van der Waals surface area contributed by atoms with Crippen LogP contribution in [0.5, 0.6) is 0 Å². The van der Waals surface area contributed by atoms with E-state index in [9.17, 15) is 5.11 Å². The number of nitrogens with zero attached hydrogens (tertiary/aromatic N) is 1. The van der Waals surface area contributed by atoms with Gasteiger partial charge in [0.15, 0.2) is 5.60 Å². The van der Waals surface area contributed by atoms with E-state index in [1.807, 2.05) is 12.1 Å². The van der Waals surface area contributed by atoms with E-state index in [2.05, 4.69) is 10.9 Å². The number of terminal acetylenes is 1. The summed E-state index contributed by atoms with van der Waals surface area (Å²) in [6.45, 7) is 0. The number of aromatic nitrogens is 1. The van der Waals surface area contributed by atoms with E-state index in [0.717, 1.165) is 24.8 Å². The zero-order valence-electron chi connectivity index (χ0n) is 8.03. The van der Waals surface area contributed by atoms with Crippen molar-refractivity contribution < 1.29 is 5.11 Å². The molecule has 1 unspecified atom stereocenters. The zero-order valence-corrected chi connectivity index (χ0v) is 8.03. The minimum Gasteiger partial charge on any atom is -0.372 e. The van der Waals surface area contributed by atoms with Gasteiger partial charge in [-0.1, -0.05) is 12.0 Å². The molecule has 0 radical (unpaired) electrons. The van der Waals surface area contributed by atoms with Gasteiger partial charge in [-0.3, -0.25) is 4.98 Å². The standard InChI is InChI=1S/C12H13NO/c1-2-12(14)8-4-3-6-10-7-5-9-13-11(10)12/h1,5,7,9,14H,3-4,6,8H2. The average molecular weight is 187 g/mol. The second kappa shape index (κ2) is 3.43. The van der Waals surface area contributed by atoms with Gasteiger partial charge in [0.2, 0.25) is 0 Å². The van der Waals surface area contributed by atoms with Gasteiger partial charge in [-0.2, -0.15) is 0 Å². The van der Waals surface area contributed by atoms with Gasteiger partial charge in [0.1, 0.15) is 0 Å². The van der Waals surface area contributed by atoms with E-state index < -0.39 is 5.60 Å². The fourth-order valence-electron chi connectivity index (χ4n) is 1.97. The van der Waals surface area contributed by atoms with Crippen molar-refractivity contribution in [3.8, 4) is 12.3 Å². The highest BCUT2D eigenvalue weighted by Crippen LogP contribution is 2.31. The first-order chi connectivity index (χ1) is 6.76. The largest absolute Gasteiger partial charge is 0.372 e. The van der Waals surface area contributed by atoms with Crippen LogP contribution >= 0.6 is 0 Å². The summed E-state index contributed by atoms with van der Waals surface area (Å²) in [6.07, 6.45) is 10.7. The summed E-state index contributed by atoms with van der Waals surface area (Å²) < 4.78 is 0. The molecular weight excluding hydrogens is 174 g/mol. The first kappa shape index (κ1) is 9.23. The van der Waals surface area contributed by atoms with Gasteiger partial charge in [0, 0.05) is 6.20 Å². The van der Waals surface area contributed by atoms with Crippen LogP contribution in [-0.4, -0.2) is 10.1 Å². The molecule has 0 amide bonds. The van der Waals surface area contributed by atoms with Crippen molar-refractivity contribution in [3.63, 3.8) is 0 Å². The number of pyridine rings is 1. The maximum Gasteiger partial charge on any atom is 0.167 e. The number of hydrogen-bond acceptors (Lipinski definition) is 2. The van der Waals surface area contributed by atoms with Gasteiger partial charge in [-0.05, 0) is 37.3 Å². The Morgan fingerprint density at radius 3 is 3.14 bits per heavy atom. The molecule has 0 aromatic carbocycles. The van der Waals surface area contributed by atoms with Crippen LogP contribution in [0.15, 0.2) is 18.3 Å². The molecule has 2 nitrogen and oxygen atoms in total. The van der Waals surface area contributed by atoms with Crippen LogP contribution in [0.1, 0.15) is 30.5 Å². The van der Waals surface area contributed by atoms with Crippen LogP contribution in [0, 0.1) is 12.3 Å². The third kappa shape index (κ3) is 1.40. The molecule has 1 aliphatic carbocycles. The molecule has 1 N–H and O–H groups in total. The molecule has 1 heterocycles. The molecule has 0 saturated carbocycles. The number of fused-ring (bicyclic) bond motifs is 1. The Kier molecular flexibility index (Phi) is 2.26. The highest BCUT2D eigenvalue weighted by molar-refractivity contribution is 5.33. The fourth-order valence-corrected chi connectivity index (χ4v) is 1.97. The smallest absolute Gasteiger partial charge is 0.167 e. The molecule has 1 aromatic heterocycles. The van der Waals surface area contributed by atoms with Gasteiger partial charge < -0.3 is 5.11 Å². The molecule has 0 bridgehead atoms. The maximum atomic E-state index is 10.2. The van der Waals surface area contributed by atoms with Crippen molar-refractivity contribution in [1.82, 2.24) is 4.98 Å². The van der Waals surface area contributed by atoms with Crippen molar-refractivity contribution in [1.29, 1.82) is 0 Å².